The molecule has 0 bridgehead atoms. The van der Waals surface area contributed by atoms with Crippen LogP contribution >= 0.6 is 0 Å². The van der Waals surface area contributed by atoms with E-state index in [1.165, 1.54) is 0 Å². The molecule has 0 saturated heterocycles. The van der Waals surface area contributed by atoms with Crippen LogP contribution in [-0.2, 0) is 4.79 Å². The molecule has 1 aromatic carbocycles. The summed E-state index contributed by atoms with van der Waals surface area (Å²) in [6.45, 7) is 1.87. The highest BCUT2D eigenvalue weighted by Crippen LogP contribution is 2.18. The summed E-state index contributed by atoms with van der Waals surface area (Å²) in [5.41, 5.74) is -0.0760. The SMILES string of the molecule is CCCC(CC(=O)O)NC(=O)c1ccc(F)cc1O. The standard InChI is InChI=1S/C13H16FNO4/c1-2-3-9(7-12(17)18)15-13(19)10-5-4-8(14)6-11(10)16/h4-6,9,16H,2-3,7H2,1H3,(H,15,19)(H,17,18). The van der Waals surface area contributed by atoms with Crippen molar-refractivity contribution in [2.45, 2.75) is 32.2 Å². The monoisotopic (exact) mass is 269 g/mol. The van der Waals surface area contributed by atoms with Crippen LogP contribution in [0.15, 0.2) is 18.2 Å². The normalized spacial score (nSPS) is 11.9. The van der Waals surface area contributed by atoms with E-state index in [1.54, 1.807) is 0 Å². The number of amides is 1. The van der Waals surface area contributed by atoms with Gasteiger partial charge in [-0.1, -0.05) is 13.3 Å². The lowest BCUT2D eigenvalue weighted by Crippen LogP contribution is -2.36. The zero-order chi connectivity index (χ0) is 14.4. The van der Waals surface area contributed by atoms with Gasteiger partial charge in [-0.2, -0.15) is 0 Å². The van der Waals surface area contributed by atoms with Gasteiger partial charge in [0.15, 0.2) is 0 Å². The van der Waals surface area contributed by atoms with Crippen LogP contribution in [0.2, 0.25) is 0 Å². The van der Waals surface area contributed by atoms with E-state index < -0.39 is 29.5 Å². The van der Waals surface area contributed by atoms with Crippen molar-refractivity contribution in [3.05, 3.63) is 29.6 Å². The number of aromatic hydroxyl groups is 1. The number of hydrogen-bond acceptors (Lipinski definition) is 3. The van der Waals surface area contributed by atoms with Crippen molar-refractivity contribution >= 4 is 11.9 Å². The number of aliphatic carboxylic acids is 1. The van der Waals surface area contributed by atoms with Gasteiger partial charge in [0.2, 0.25) is 0 Å². The summed E-state index contributed by atoms with van der Waals surface area (Å²) in [6, 6.07) is 2.53. The predicted molar refractivity (Wildman–Crippen MR) is 66.5 cm³/mol. The summed E-state index contributed by atoms with van der Waals surface area (Å²) in [6.07, 6.45) is 1.04. The van der Waals surface area contributed by atoms with E-state index >= 15 is 0 Å². The van der Waals surface area contributed by atoms with Crippen LogP contribution < -0.4 is 5.32 Å². The second-order valence-electron chi connectivity index (χ2n) is 4.22. The Kier molecular flexibility index (Phi) is 5.29. The zero-order valence-corrected chi connectivity index (χ0v) is 10.5. The zero-order valence-electron chi connectivity index (χ0n) is 10.5. The number of phenols is 1. The van der Waals surface area contributed by atoms with Crippen LogP contribution in [0.4, 0.5) is 4.39 Å². The number of halogens is 1. The number of carboxylic acids is 1. The molecule has 1 unspecified atom stereocenters. The maximum atomic E-state index is 12.8. The molecule has 19 heavy (non-hydrogen) atoms. The van der Waals surface area contributed by atoms with E-state index in [0.717, 1.165) is 18.2 Å². The second kappa shape index (κ2) is 6.72. The summed E-state index contributed by atoms with van der Waals surface area (Å²) >= 11 is 0. The first-order valence-corrected chi connectivity index (χ1v) is 5.95. The molecule has 0 aliphatic rings. The van der Waals surface area contributed by atoms with Gasteiger partial charge in [0.05, 0.1) is 12.0 Å². The molecule has 5 nitrogen and oxygen atoms in total. The number of hydrogen-bond donors (Lipinski definition) is 3. The fourth-order valence-corrected chi connectivity index (χ4v) is 1.74. The Balaban J connectivity index is 2.78. The molecular weight excluding hydrogens is 253 g/mol. The minimum absolute atomic E-state index is 0.0760. The Bertz CT molecular complexity index is 476. The van der Waals surface area contributed by atoms with Gasteiger partial charge in [0.1, 0.15) is 11.6 Å². The third-order valence-corrected chi connectivity index (χ3v) is 2.60. The number of carboxylic acid groups (broad SMARTS) is 1. The van der Waals surface area contributed by atoms with E-state index in [-0.39, 0.29) is 12.0 Å². The minimum Gasteiger partial charge on any atom is -0.507 e. The summed E-state index contributed by atoms with van der Waals surface area (Å²) in [7, 11) is 0. The maximum Gasteiger partial charge on any atom is 0.305 e. The molecular formula is C13H16FNO4. The van der Waals surface area contributed by atoms with Gasteiger partial charge in [0.25, 0.3) is 5.91 Å². The largest absolute Gasteiger partial charge is 0.507 e. The van der Waals surface area contributed by atoms with E-state index in [4.69, 9.17) is 5.11 Å². The van der Waals surface area contributed by atoms with Crippen molar-refractivity contribution in [2.75, 3.05) is 0 Å². The average Bonchev–Trinajstić information content (AvgIpc) is 2.27. The van der Waals surface area contributed by atoms with Crippen molar-refractivity contribution < 1.29 is 24.2 Å². The van der Waals surface area contributed by atoms with Gasteiger partial charge in [-0.3, -0.25) is 9.59 Å². The molecule has 0 spiro atoms. The lowest BCUT2D eigenvalue weighted by molar-refractivity contribution is -0.137. The minimum atomic E-state index is -1.01. The number of rotatable bonds is 6. The van der Waals surface area contributed by atoms with Gasteiger partial charge in [0, 0.05) is 12.1 Å². The molecule has 6 heteroatoms. The molecule has 0 aliphatic carbocycles. The summed E-state index contributed by atoms with van der Waals surface area (Å²) in [5.74, 6) is -2.74. The van der Waals surface area contributed by atoms with E-state index in [2.05, 4.69) is 5.32 Å². The molecule has 104 valence electrons. The van der Waals surface area contributed by atoms with Crippen LogP contribution in [-0.4, -0.2) is 28.1 Å². The van der Waals surface area contributed by atoms with Gasteiger partial charge in [-0.25, -0.2) is 4.39 Å². The molecule has 0 heterocycles. The molecule has 0 aliphatic heterocycles. The summed E-state index contributed by atoms with van der Waals surface area (Å²) in [5, 5.41) is 20.7. The highest BCUT2D eigenvalue weighted by atomic mass is 19.1. The molecule has 1 atom stereocenters. The van der Waals surface area contributed by atoms with Crippen LogP contribution in [0.3, 0.4) is 0 Å². The smallest absolute Gasteiger partial charge is 0.305 e. The van der Waals surface area contributed by atoms with Crippen LogP contribution in [0, 0.1) is 5.82 Å². The van der Waals surface area contributed by atoms with Gasteiger partial charge in [-0.15, -0.1) is 0 Å². The highest BCUT2D eigenvalue weighted by Gasteiger charge is 2.18. The molecule has 0 aromatic heterocycles. The lowest BCUT2D eigenvalue weighted by atomic mass is 10.1. The number of carbonyl (C=O) groups is 2. The quantitative estimate of drug-likeness (QED) is 0.736. The fourth-order valence-electron chi connectivity index (χ4n) is 1.74. The Morgan fingerprint density at radius 1 is 1.42 bits per heavy atom. The molecule has 1 amide bonds. The van der Waals surface area contributed by atoms with Crippen molar-refractivity contribution in [3.8, 4) is 5.75 Å². The molecule has 1 aromatic rings. The lowest BCUT2D eigenvalue weighted by Gasteiger charge is -2.16. The van der Waals surface area contributed by atoms with E-state index in [0.29, 0.717) is 12.8 Å². The van der Waals surface area contributed by atoms with Crippen molar-refractivity contribution in [3.63, 3.8) is 0 Å². The number of benzene rings is 1. The van der Waals surface area contributed by atoms with Crippen LogP contribution in [0.5, 0.6) is 5.75 Å². The third-order valence-electron chi connectivity index (χ3n) is 2.60. The molecule has 0 fully saturated rings. The Hall–Kier alpha value is -2.11. The molecule has 1 rings (SSSR count). The predicted octanol–water partition coefficient (Wildman–Crippen LogP) is 1.90. The van der Waals surface area contributed by atoms with Gasteiger partial charge >= 0.3 is 5.97 Å². The molecule has 0 saturated carbocycles. The molecule has 3 N–H and O–H groups in total. The number of phenolic OH excluding ortho intramolecular Hbond substituents is 1. The number of nitrogens with one attached hydrogen (secondary N) is 1. The first-order valence-electron chi connectivity index (χ1n) is 5.95. The summed E-state index contributed by atoms with van der Waals surface area (Å²) < 4.78 is 12.8. The van der Waals surface area contributed by atoms with Gasteiger partial charge < -0.3 is 15.5 Å². The Morgan fingerprint density at radius 2 is 2.11 bits per heavy atom. The second-order valence-corrected chi connectivity index (χ2v) is 4.22. The van der Waals surface area contributed by atoms with Crippen molar-refractivity contribution in [1.29, 1.82) is 0 Å². The van der Waals surface area contributed by atoms with Crippen molar-refractivity contribution in [1.82, 2.24) is 5.32 Å². The van der Waals surface area contributed by atoms with Crippen molar-refractivity contribution in [2.24, 2.45) is 0 Å². The summed E-state index contributed by atoms with van der Waals surface area (Å²) in [4.78, 5) is 22.5. The number of carbonyl (C=O) groups excluding carboxylic acids is 1. The van der Waals surface area contributed by atoms with Crippen LogP contribution in [0.25, 0.3) is 0 Å². The third kappa shape index (κ3) is 4.57. The molecule has 0 radical (unpaired) electrons. The van der Waals surface area contributed by atoms with E-state index in [9.17, 15) is 19.1 Å². The average molecular weight is 269 g/mol. The topological polar surface area (TPSA) is 86.6 Å². The van der Waals surface area contributed by atoms with Gasteiger partial charge in [-0.05, 0) is 18.6 Å². The van der Waals surface area contributed by atoms with Crippen LogP contribution in [0.1, 0.15) is 36.5 Å². The first-order chi connectivity index (χ1) is 8.93. The maximum absolute atomic E-state index is 12.8. The highest BCUT2D eigenvalue weighted by molar-refractivity contribution is 5.97. The Morgan fingerprint density at radius 3 is 2.63 bits per heavy atom. The fraction of sp³-hybridized carbons (Fsp3) is 0.385. The first kappa shape index (κ1) is 14.9. The Labute approximate surface area is 110 Å². The van der Waals surface area contributed by atoms with E-state index in [1.807, 2.05) is 6.92 Å².